The second-order valence-electron chi connectivity index (χ2n) is 11.2. The van der Waals surface area contributed by atoms with Gasteiger partial charge in [-0.15, -0.1) is 6.58 Å². The monoisotopic (exact) mass is 550 g/mol. The largest absolute Gasteiger partial charge is 0.432 e. The first kappa shape index (κ1) is 28.1. The van der Waals surface area contributed by atoms with Crippen LogP contribution in [0.5, 0.6) is 5.75 Å². The molecule has 1 aliphatic heterocycles. The second-order valence-corrected chi connectivity index (χ2v) is 11.2. The number of rotatable bonds is 7. The van der Waals surface area contributed by atoms with Gasteiger partial charge in [0.1, 0.15) is 5.75 Å². The van der Waals surface area contributed by atoms with Gasteiger partial charge in [-0.25, -0.2) is 13.2 Å². The maximum atomic E-state index is 14.7. The van der Waals surface area contributed by atoms with Crippen LogP contribution in [0.2, 0.25) is 0 Å². The lowest BCUT2D eigenvalue weighted by atomic mass is 9.76. The van der Waals surface area contributed by atoms with Crippen LogP contribution in [0.25, 0.3) is 0 Å². The van der Waals surface area contributed by atoms with Gasteiger partial charge in [0.25, 0.3) is 0 Å². The number of benzene rings is 2. The van der Waals surface area contributed by atoms with Gasteiger partial charge in [0.15, 0.2) is 23.7 Å². The molecule has 3 fully saturated rings. The minimum Gasteiger partial charge on any atom is -0.432 e. The average molecular weight is 551 g/mol. The maximum Gasteiger partial charge on any atom is 0.400 e. The Bertz CT molecular complexity index is 1090. The third-order valence-electron chi connectivity index (χ3n) is 8.83. The molecule has 3 aliphatic rings. The Hall–Kier alpha value is -2.45. The van der Waals surface area contributed by atoms with Crippen molar-refractivity contribution in [3.63, 3.8) is 0 Å². The van der Waals surface area contributed by atoms with E-state index < -0.39 is 41.5 Å². The summed E-state index contributed by atoms with van der Waals surface area (Å²) in [7, 11) is 0. The Balaban J connectivity index is 1.10. The molecule has 1 saturated heterocycles. The van der Waals surface area contributed by atoms with Crippen LogP contribution in [0, 0.1) is 41.1 Å². The number of hydrogen-bond acceptors (Lipinski definition) is 3. The zero-order valence-corrected chi connectivity index (χ0v) is 21.9. The van der Waals surface area contributed by atoms with Crippen molar-refractivity contribution in [2.24, 2.45) is 23.7 Å². The second kappa shape index (κ2) is 12.0. The van der Waals surface area contributed by atoms with Crippen molar-refractivity contribution in [3.8, 4) is 5.75 Å². The summed E-state index contributed by atoms with van der Waals surface area (Å²) >= 11 is 0. The third-order valence-corrected chi connectivity index (χ3v) is 8.83. The van der Waals surface area contributed by atoms with E-state index in [0.717, 1.165) is 11.1 Å². The van der Waals surface area contributed by atoms with Gasteiger partial charge in [-0.05, 0) is 74.7 Å². The van der Waals surface area contributed by atoms with E-state index in [0.29, 0.717) is 55.9 Å². The normalized spacial score (nSPS) is 30.1. The number of allylic oxidation sites excluding steroid dienone is 1. The van der Waals surface area contributed by atoms with Gasteiger partial charge in [0, 0.05) is 23.6 Å². The molecule has 0 N–H and O–H groups in total. The fraction of sp³-hybridized carbons (Fsp3) is 0.548. The van der Waals surface area contributed by atoms with Crippen molar-refractivity contribution >= 4 is 0 Å². The topological polar surface area (TPSA) is 27.7 Å². The number of alkyl halides is 2. The molecule has 0 aromatic heterocycles. The summed E-state index contributed by atoms with van der Waals surface area (Å²) < 4.78 is 86.2. The molecular weight excluding hydrogens is 515 g/mol. The number of hydrogen-bond donors (Lipinski definition) is 0. The van der Waals surface area contributed by atoms with Gasteiger partial charge >= 0.3 is 6.11 Å². The molecule has 2 aromatic carbocycles. The summed E-state index contributed by atoms with van der Waals surface area (Å²) in [5.74, 6) is -4.87. The molecule has 2 saturated carbocycles. The van der Waals surface area contributed by atoms with E-state index in [1.807, 2.05) is 24.3 Å². The SMILES string of the molecule is C=CC1CCC(C2COC(c3ccc(C4CCC(C(F)(F)Oc5cc(F)c(F)c(F)c5)CC4)cc3)OC2)CC1. The predicted octanol–water partition coefficient (Wildman–Crippen LogP) is 8.70. The minimum atomic E-state index is -3.62. The molecule has 0 unspecified atom stereocenters. The molecule has 0 amide bonds. The Labute approximate surface area is 226 Å². The Morgan fingerprint density at radius 3 is 1.90 bits per heavy atom. The zero-order valence-electron chi connectivity index (χ0n) is 21.9. The zero-order chi connectivity index (χ0) is 27.6. The lowest BCUT2D eigenvalue weighted by Crippen LogP contribution is -2.37. The summed E-state index contributed by atoms with van der Waals surface area (Å²) in [6.45, 7) is 5.30. The molecule has 3 nitrogen and oxygen atoms in total. The fourth-order valence-electron chi connectivity index (χ4n) is 6.35. The third kappa shape index (κ3) is 6.49. The van der Waals surface area contributed by atoms with Crippen molar-refractivity contribution in [2.45, 2.75) is 69.7 Å². The van der Waals surface area contributed by atoms with Crippen molar-refractivity contribution in [1.82, 2.24) is 0 Å². The van der Waals surface area contributed by atoms with Crippen LogP contribution in [0.15, 0.2) is 49.1 Å². The fourth-order valence-corrected chi connectivity index (χ4v) is 6.35. The Morgan fingerprint density at radius 1 is 0.769 bits per heavy atom. The van der Waals surface area contributed by atoms with Crippen LogP contribution in [0.3, 0.4) is 0 Å². The van der Waals surface area contributed by atoms with E-state index in [1.54, 1.807) is 0 Å². The summed E-state index contributed by atoms with van der Waals surface area (Å²) in [6.07, 6.45) is 4.26. The highest BCUT2D eigenvalue weighted by molar-refractivity contribution is 5.27. The molecule has 0 bridgehead atoms. The highest BCUT2D eigenvalue weighted by Gasteiger charge is 2.44. The Morgan fingerprint density at radius 2 is 1.33 bits per heavy atom. The maximum absolute atomic E-state index is 14.7. The molecule has 2 aliphatic carbocycles. The molecule has 0 atom stereocenters. The highest BCUT2D eigenvalue weighted by atomic mass is 19.3. The van der Waals surface area contributed by atoms with Gasteiger partial charge in [0.2, 0.25) is 0 Å². The lowest BCUT2D eigenvalue weighted by molar-refractivity contribution is -0.222. The van der Waals surface area contributed by atoms with Crippen LogP contribution in [0.1, 0.15) is 74.7 Å². The minimum absolute atomic E-state index is 0.120. The number of ether oxygens (including phenoxy) is 3. The van der Waals surface area contributed by atoms with E-state index in [4.69, 9.17) is 9.47 Å². The molecule has 1 heterocycles. The molecule has 2 aromatic rings. The average Bonchev–Trinajstić information content (AvgIpc) is 2.96. The predicted molar refractivity (Wildman–Crippen MR) is 137 cm³/mol. The van der Waals surface area contributed by atoms with Gasteiger partial charge in [-0.1, -0.05) is 30.3 Å². The van der Waals surface area contributed by atoms with Crippen LogP contribution in [-0.4, -0.2) is 19.3 Å². The van der Waals surface area contributed by atoms with E-state index in [-0.39, 0.29) is 18.8 Å². The summed E-state index contributed by atoms with van der Waals surface area (Å²) in [5, 5.41) is 0. The van der Waals surface area contributed by atoms with Gasteiger partial charge in [-0.2, -0.15) is 8.78 Å². The van der Waals surface area contributed by atoms with Crippen molar-refractivity contribution in [1.29, 1.82) is 0 Å². The van der Waals surface area contributed by atoms with E-state index in [1.165, 1.54) is 25.7 Å². The molecule has 5 rings (SSSR count). The van der Waals surface area contributed by atoms with Crippen LogP contribution in [0.4, 0.5) is 22.0 Å². The summed E-state index contributed by atoms with van der Waals surface area (Å²) in [5.41, 5.74) is 2.01. The van der Waals surface area contributed by atoms with Gasteiger partial charge < -0.3 is 14.2 Å². The van der Waals surface area contributed by atoms with Crippen LogP contribution >= 0.6 is 0 Å². The molecule has 0 radical (unpaired) electrons. The molecule has 212 valence electrons. The van der Waals surface area contributed by atoms with Crippen molar-refractivity contribution in [3.05, 3.63) is 77.6 Å². The molecule has 39 heavy (non-hydrogen) atoms. The van der Waals surface area contributed by atoms with Crippen LogP contribution in [-0.2, 0) is 9.47 Å². The highest BCUT2D eigenvalue weighted by Crippen LogP contribution is 2.44. The molecular formula is C31H35F5O3. The quantitative estimate of drug-likeness (QED) is 0.196. The summed E-state index contributed by atoms with van der Waals surface area (Å²) in [6, 6.07) is 8.86. The van der Waals surface area contributed by atoms with Gasteiger partial charge in [0.05, 0.1) is 19.1 Å². The van der Waals surface area contributed by atoms with E-state index >= 15 is 0 Å². The molecule has 0 spiro atoms. The van der Waals surface area contributed by atoms with Gasteiger partial charge in [-0.3, -0.25) is 0 Å². The smallest absolute Gasteiger partial charge is 0.400 e. The van der Waals surface area contributed by atoms with Crippen molar-refractivity contribution in [2.75, 3.05) is 13.2 Å². The lowest BCUT2D eigenvalue weighted by Gasteiger charge is -2.37. The summed E-state index contributed by atoms with van der Waals surface area (Å²) in [4.78, 5) is 0. The first-order valence-electron chi connectivity index (χ1n) is 13.9. The van der Waals surface area contributed by atoms with Crippen molar-refractivity contribution < 1.29 is 36.2 Å². The first-order chi connectivity index (χ1) is 18.7. The molecule has 8 heteroatoms. The van der Waals surface area contributed by atoms with E-state index in [9.17, 15) is 22.0 Å². The van der Waals surface area contributed by atoms with Crippen LogP contribution < -0.4 is 4.74 Å². The first-order valence-corrected chi connectivity index (χ1v) is 13.9. The Kier molecular flexibility index (Phi) is 8.62. The van der Waals surface area contributed by atoms with E-state index in [2.05, 4.69) is 17.4 Å². The number of halogens is 5. The standard InChI is InChI=1S/C31H35F5O3/c1-2-19-3-5-22(6-4-19)24-17-37-30(38-18-24)23-9-7-20(8-10-23)21-11-13-25(14-12-21)31(35,36)39-26-15-27(32)29(34)28(33)16-26/h2,7-10,15-16,19,21-22,24-25,30H,1,3-6,11-14,17-18H2.